The number of hydrogen-bond donors (Lipinski definition) is 2. The van der Waals surface area contributed by atoms with Crippen molar-refractivity contribution in [3.63, 3.8) is 0 Å². The molecule has 142 valence electrons. The van der Waals surface area contributed by atoms with Gasteiger partial charge < -0.3 is 9.73 Å². The van der Waals surface area contributed by atoms with E-state index in [1.54, 1.807) is 20.8 Å². The zero-order valence-electron chi connectivity index (χ0n) is 14.8. The fourth-order valence-electron chi connectivity index (χ4n) is 2.24. The minimum Gasteiger partial charge on any atom is -0.438 e. The Balaban J connectivity index is 2.15. The van der Waals surface area contributed by atoms with Gasteiger partial charge >= 0.3 is 0 Å². The van der Waals surface area contributed by atoms with Crippen LogP contribution in [0.5, 0.6) is 0 Å². The van der Waals surface area contributed by atoms with E-state index in [2.05, 4.69) is 10.0 Å². The van der Waals surface area contributed by atoms with Gasteiger partial charge in [0.2, 0.25) is 5.09 Å². The summed E-state index contributed by atoms with van der Waals surface area (Å²) < 4.78 is 58.6. The van der Waals surface area contributed by atoms with Crippen LogP contribution in [-0.2, 0) is 10.0 Å². The molecule has 1 heterocycles. The fraction of sp³-hybridized carbons (Fsp3) is 0.353. The highest BCUT2D eigenvalue weighted by Crippen LogP contribution is 2.20. The second-order valence-corrected chi connectivity index (χ2v) is 8.45. The van der Waals surface area contributed by atoms with Crippen molar-refractivity contribution in [3.8, 4) is 0 Å². The number of hydrogen-bond acceptors (Lipinski definition) is 4. The predicted molar refractivity (Wildman–Crippen MR) is 91.0 cm³/mol. The van der Waals surface area contributed by atoms with Gasteiger partial charge in [0.15, 0.2) is 5.76 Å². The molecule has 0 aliphatic carbocycles. The van der Waals surface area contributed by atoms with Crippen LogP contribution < -0.4 is 10.0 Å². The quantitative estimate of drug-likeness (QED) is 0.826. The van der Waals surface area contributed by atoms with E-state index in [9.17, 15) is 22.0 Å². The Morgan fingerprint density at radius 1 is 1.15 bits per heavy atom. The van der Waals surface area contributed by atoms with E-state index in [-0.39, 0.29) is 11.3 Å². The lowest BCUT2D eigenvalue weighted by atomic mass is 10.1. The Morgan fingerprint density at radius 2 is 1.81 bits per heavy atom. The largest absolute Gasteiger partial charge is 0.438 e. The monoisotopic (exact) mass is 386 g/mol. The van der Waals surface area contributed by atoms with Crippen LogP contribution in [0.3, 0.4) is 0 Å². The smallest absolute Gasteiger partial charge is 0.287 e. The number of nitrogens with one attached hydrogen (secondary N) is 2. The van der Waals surface area contributed by atoms with Crippen LogP contribution in [0.1, 0.15) is 49.9 Å². The van der Waals surface area contributed by atoms with E-state index in [1.807, 2.05) is 0 Å². The predicted octanol–water partition coefficient (Wildman–Crippen LogP) is 3.13. The number of carbonyl (C=O) groups is 1. The third-order valence-corrected chi connectivity index (χ3v) is 4.92. The fourth-order valence-corrected chi connectivity index (χ4v) is 3.59. The molecule has 1 amide bonds. The number of furan rings is 1. The van der Waals surface area contributed by atoms with Gasteiger partial charge in [-0.15, -0.1) is 0 Å². The summed E-state index contributed by atoms with van der Waals surface area (Å²) in [6, 6.07) is 4.61. The Morgan fingerprint density at radius 3 is 2.38 bits per heavy atom. The first-order valence-electron chi connectivity index (χ1n) is 7.79. The average Bonchev–Trinajstić information content (AvgIpc) is 2.95. The van der Waals surface area contributed by atoms with Crippen LogP contribution in [0.15, 0.2) is 39.8 Å². The van der Waals surface area contributed by atoms with Gasteiger partial charge in [0.05, 0.1) is 6.04 Å². The molecule has 0 radical (unpaired) electrons. The lowest BCUT2D eigenvalue weighted by Crippen LogP contribution is -2.40. The Bertz CT molecular complexity index is 917. The van der Waals surface area contributed by atoms with Crippen molar-refractivity contribution in [3.05, 3.63) is 53.3 Å². The van der Waals surface area contributed by atoms with Crippen molar-refractivity contribution in [2.45, 2.75) is 44.4 Å². The molecule has 9 heteroatoms. The number of halogens is 2. The maximum Gasteiger partial charge on any atom is 0.287 e. The summed E-state index contributed by atoms with van der Waals surface area (Å²) in [5.41, 5.74) is -0.628. The second kappa shape index (κ2) is 7.16. The van der Waals surface area contributed by atoms with Crippen molar-refractivity contribution in [2.24, 2.45) is 0 Å². The molecular weight excluding hydrogens is 366 g/mol. The van der Waals surface area contributed by atoms with Crippen LogP contribution in [0.2, 0.25) is 0 Å². The van der Waals surface area contributed by atoms with E-state index in [0.717, 1.165) is 12.1 Å². The average molecular weight is 386 g/mol. The Labute approximate surface area is 150 Å². The van der Waals surface area contributed by atoms with Gasteiger partial charge in [-0.1, -0.05) is 6.07 Å². The number of amides is 1. The van der Waals surface area contributed by atoms with E-state index in [1.165, 1.54) is 19.1 Å². The molecule has 1 aromatic heterocycles. The molecule has 1 aromatic carbocycles. The van der Waals surface area contributed by atoms with Gasteiger partial charge in [-0.05, 0) is 45.9 Å². The van der Waals surface area contributed by atoms with Crippen molar-refractivity contribution in [1.82, 2.24) is 10.0 Å². The summed E-state index contributed by atoms with van der Waals surface area (Å²) in [5, 5.41) is 2.07. The first-order chi connectivity index (χ1) is 11.9. The molecule has 1 unspecified atom stereocenters. The Kier molecular flexibility index (Phi) is 5.52. The number of rotatable bonds is 5. The third-order valence-electron chi connectivity index (χ3n) is 3.29. The summed E-state index contributed by atoms with van der Waals surface area (Å²) in [7, 11) is -3.92. The number of benzene rings is 1. The zero-order chi connectivity index (χ0) is 19.7. The maximum absolute atomic E-state index is 13.8. The first-order valence-corrected chi connectivity index (χ1v) is 9.27. The zero-order valence-corrected chi connectivity index (χ0v) is 15.6. The van der Waals surface area contributed by atoms with Gasteiger partial charge in [-0.2, -0.15) is 0 Å². The van der Waals surface area contributed by atoms with Crippen molar-refractivity contribution in [2.75, 3.05) is 0 Å². The minimum absolute atomic E-state index is 0.0913. The molecule has 26 heavy (non-hydrogen) atoms. The summed E-state index contributed by atoms with van der Waals surface area (Å²) >= 11 is 0. The SMILES string of the molecule is CC(NC(=O)c1ccc(S(=O)(=O)NC(C)(C)C)o1)c1ccc(F)cc1F. The number of carbonyl (C=O) groups excluding carboxylic acids is 1. The van der Waals surface area contributed by atoms with Crippen LogP contribution in [0.25, 0.3) is 0 Å². The van der Waals surface area contributed by atoms with Crippen LogP contribution in [0.4, 0.5) is 8.78 Å². The lowest BCUT2D eigenvalue weighted by Gasteiger charge is -2.19. The summed E-state index contributed by atoms with van der Waals surface area (Å²) in [5.74, 6) is -2.49. The lowest BCUT2D eigenvalue weighted by molar-refractivity contribution is 0.0906. The van der Waals surface area contributed by atoms with E-state index < -0.39 is 44.2 Å². The van der Waals surface area contributed by atoms with Gasteiger partial charge in [0.1, 0.15) is 11.6 Å². The molecule has 0 aliphatic rings. The van der Waals surface area contributed by atoms with Crippen molar-refractivity contribution in [1.29, 1.82) is 0 Å². The van der Waals surface area contributed by atoms with Crippen molar-refractivity contribution < 1.29 is 26.4 Å². The molecule has 0 spiro atoms. The highest BCUT2D eigenvalue weighted by atomic mass is 32.2. The topological polar surface area (TPSA) is 88.4 Å². The molecule has 0 aliphatic heterocycles. The first kappa shape index (κ1) is 20.1. The molecule has 0 saturated heterocycles. The minimum atomic E-state index is -3.92. The summed E-state index contributed by atoms with van der Waals surface area (Å²) in [6.45, 7) is 6.51. The van der Waals surface area contributed by atoms with Crippen LogP contribution in [0, 0.1) is 11.6 Å². The molecule has 6 nitrogen and oxygen atoms in total. The molecule has 0 saturated carbocycles. The molecule has 0 fully saturated rings. The van der Waals surface area contributed by atoms with E-state index in [4.69, 9.17) is 4.42 Å². The Hall–Kier alpha value is -2.26. The van der Waals surface area contributed by atoms with Gasteiger partial charge in [-0.3, -0.25) is 4.79 Å². The second-order valence-electron chi connectivity index (χ2n) is 6.84. The molecule has 2 rings (SSSR count). The van der Waals surface area contributed by atoms with Crippen molar-refractivity contribution >= 4 is 15.9 Å². The maximum atomic E-state index is 13.8. The molecule has 1 atom stereocenters. The van der Waals surface area contributed by atoms with Gasteiger partial charge in [-0.25, -0.2) is 21.9 Å². The molecule has 2 N–H and O–H groups in total. The van der Waals surface area contributed by atoms with Crippen LogP contribution in [-0.4, -0.2) is 19.9 Å². The van der Waals surface area contributed by atoms with E-state index >= 15 is 0 Å². The van der Waals surface area contributed by atoms with Gasteiger partial charge in [0.25, 0.3) is 15.9 Å². The molecule has 0 bridgehead atoms. The normalized spacial score (nSPS) is 13.5. The number of sulfonamides is 1. The third kappa shape index (κ3) is 4.89. The molecular formula is C17H20F2N2O4S. The highest BCUT2D eigenvalue weighted by Gasteiger charge is 2.26. The summed E-state index contributed by atoms with van der Waals surface area (Å²) in [4.78, 5) is 12.2. The molecule has 2 aromatic rings. The summed E-state index contributed by atoms with van der Waals surface area (Å²) in [6.07, 6.45) is 0. The van der Waals surface area contributed by atoms with Gasteiger partial charge in [0, 0.05) is 17.2 Å². The van der Waals surface area contributed by atoms with Crippen LogP contribution >= 0.6 is 0 Å². The standard InChI is InChI=1S/C17H20F2N2O4S/c1-10(12-6-5-11(18)9-13(12)19)20-16(22)14-7-8-15(25-14)26(23,24)21-17(2,3)4/h5-10,21H,1-4H3,(H,20,22). The van der Waals surface area contributed by atoms with E-state index in [0.29, 0.717) is 6.07 Å². The highest BCUT2D eigenvalue weighted by molar-refractivity contribution is 7.89.